The number of nitrogens with one attached hydrogen (secondary N) is 1. The van der Waals surface area contributed by atoms with Gasteiger partial charge < -0.3 is 9.88 Å². The van der Waals surface area contributed by atoms with E-state index in [0.717, 1.165) is 29.3 Å². The molecule has 7 nitrogen and oxygen atoms in total. The standard InChI is InChI=1S/C17H21N7/c1-4-14-9-15(19-10-16-23-20-11-24(16)12(2)3)22-17(21-14)13-5-7-18-8-6-13/h5-9,11-12H,4,10H2,1-3H3,(H,19,21,22). The summed E-state index contributed by atoms with van der Waals surface area (Å²) in [5, 5.41) is 11.5. The van der Waals surface area contributed by atoms with Gasteiger partial charge in [-0.05, 0) is 32.4 Å². The molecule has 0 saturated heterocycles. The number of hydrogen-bond acceptors (Lipinski definition) is 6. The fraction of sp³-hybridized carbons (Fsp3) is 0.353. The van der Waals surface area contributed by atoms with Gasteiger partial charge in [0.15, 0.2) is 11.6 Å². The Labute approximate surface area is 141 Å². The Hall–Kier alpha value is -2.83. The molecule has 3 rings (SSSR count). The van der Waals surface area contributed by atoms with Crippen LogP contribution in [0.25, 0.3) is 11.4 Å². The Balaban J connectivity index is 1.84. The normalized spacial score (nSPS) is 11.0. The van der Waals surface area contributed by atoms with Gasteiger partial charge in [-0.1, -0.05) is 6.92 Å². The molecule has 0 saturated carbocycles. The summed E-state index contributed by atoms with van der Waals surface area (Å²) < 4.78 is 2.04. The van der Waals surface area contributed by atoms with Gasteiger partial charge in [-0.2, -0.15) is 0 Å². The van der Waals surface area contributed by atoms with E-state index in [0.29, 0.717) is 18.4 Å². The molecule has 3 heterocycles. The molecule has 0 fully saturated rings. The Kier molecular flexibility index (Phi) is 4.79. The van der Waals surface area contributed by atoms with E-state index in [4.69, 9.17) is 0 Å². The first-order valence-corrected chi connectivity index (χ1v) is 8.08. The summed E-state index contributed by atoms with van der Waals surface area (Å²) in [7, 11) is 0. The van der Waals surface area contributed by atoms with Gasteiger partial charge in [0.05, 0.1) is 6.54 Å². The van der Waals surface area contributed by atoms with Crippen molar-refractivity contribution in [2.45, 2.75) is 39.8 Å². The third kappa shape index (κ3) is 3.56. The Morgan fingerprint density at radius 1 is 1.17 bits per heavy atom. The lowest BCUT2D eigenvalue weighted by molar-refractivity contribution is 0.572. The number of aryl methyl sites for hydroxylation is 1. The highest BCUT2D eigenvalue weighted by molar-refractivity contribution is 5.56. The Bertz CT molecular complexity index is 796. The van der Waals surface area contributed by atoms with Crippen LogP contribution < -0.4 is 5.32 Å². The molecule has 124 valence electrons. The molecule has 0 radical (unpaired) electrons. The van der Waals surface area contributed by atoms with Gasteiger partial charge >= 0.3 is 0 Å². The van der Waals surface area contributed by atoms with E-state index in [-0.39, 0.29) is 0 Å². The molecule has 0 unspecified atom stereocenters. The van der Waals surface area contributed by atoms with Gasteiger partial charge in [-0.15, -0.1) is 10.2 Å². The van der Waals surface area contributed by atoms with Gasteiger partial charge in [0, 0.05) is 35.8 Å². The topological polar surface area (TPSA) is 81.4 Å². The van der Waals surface area contributed by atoms with Crippen LogP contribution in [0.1, 0.15) is 38.3 Å². The molecule has 3 aromatic heterocycles. The van der Waals surface area contributed by atoms with Crippen LogP contribution in [0.5, 0.6) is 0 Å². The zero-order chi connectivity index (χ0) is 16.9. The number of hydrogen-bond donors (Lipinski definition) is 1. The number of rotatable bonds is 6. The fourth-order valence-electron chi connectivity index (χ4n) is 2.39. The highest BCUT2D eigenvalue weighted by Gasteiger charge is 2.09. The molecule has 24 heavy (non-hydrogen) atoms. The highest BCUT2D eigenvalue weighted by Crippen LogP contribution is 2.18. The summed E-state index contributed by atoms with van der Waals surface area (Å²) in [6.45, 7) is 6.86. The second kappa shape index (κ2) is 7.16. The van der Waals surface area contributed by atoms with Crippen molar-refractivity contribution in [2.24, 2.45) is 0 Å². The molecule has 0 spiro atoms. The maximum absolute atomic E-state index is 4.62. The molecular weight excluding hydrogens is 302 g/mol. The molecule has 0 amide bonds. The van der Waals surface area contributed by atoms with Crippen molar-refractivity contribution in [1.82, 2.24) is 29.7 Å². The molecule has 0 aliphatic carbocycles. The van der Waals surface area contributed by atoms with Crippen molar-refractivity contribution in [3.63, 3.8) is 0 Å². The second-order valence-corrected chi connectivity index (χ2v) is 5.76. The predicted octanol–water partition coefficient (Wildman–Crippen LogP) is 2.89. The van der Waals surface area contributed by atoms with Crippen molar-refractivity contribution in [2.75, 3.05) is 5.32 Å². The minimum atomic E-state index is 0.320. The Morgan fingerprint density at radius 3 is 2.67 bits per heavy atom. The molecule has 7 heteroatoms. The first kappa shape index (κ1) is 16.0. The number of anilines is 1. The van der Waals surface area contributed by atoms with E-state index >= 15 is 0 Å². The Morgan fingerprint density at radius 2 is 1.96 bits per heavy atom. The van der Waals surface area contributed by atoms with Crippen LogP contribution in [0, 0.1) is 0 Å². The zero-order valence-corrected chi connectivity index (χ0v) is 14.1. The summed E-state index contributed by atoms with van der Waals surface area (Å²) in [4.78, 5) is 13.3. The maximum atomic E-state index is 4.62. The lowest BCUT2D eigenvalue weighted by Crippen LogP contribution is -2.11. The van der Waals surface area contributed by atoms with Crippen LogP contribution in [0.2, 0.25) is 0 Å². The minimum absolute atomic E-state index is 0.320. The first-order chi connectivity index (χ1) is 11.7. The average molecular weight is 323 g/mol. The highest BCUT2D eigenvalue weighted by atomic mass is 15.3. The third-order valence-corrected chi connectivity index (χ3v) is 3.71. The van der Waals surface area contributed by atoms with Crippen molar-refractivity contribution in [3.8, 4) is 11.4 Å². The van der Waals surface area contributed by atoms with Crippen LogP contribution >= 0.6 is 0 Å². The monoisotopic (exact) mass is 323 g/mol. The van der Waals surface area contributed by atoms with Crippen molar-refractivity contribution >= 4 is 5.82 Å². The summed E-state index contributed by atoms with van der Waals surface area (Å²) in [5.41, 5.74) is 1.94. The lowest BCUT2D eigenvalue weighted by Gasteiger charge is -2.12. The quantitative estimate of drug-likeness (QED) is 0.751. The molecule has 1 N–H and O–H groups in total. The number of pyridine rings is 1. The van der Waals surface area contributed by atoms with Gasteiger partial charge in [-0.3, -0.25) is 4.98 Å². The molecule has 0 bridgehead atoms. The minimum Gasteiger partial charge on any atom is -0.363 e. The van der Waals surface area contributed by atoms with E-state index in [9.17, 15) is 0 Å². The molecule has 0 aromatic carbocycles. The summed E-state index contributed by atoms with van der Waals surface area (Å²) in [6, 6.07) is 6.11. The average Bonchev–Trinajstić information content (AvgIpc) is 3.09. The van der Waals surface area contributed by atoms with E-state index < -0.39 is 0 Å². The van der Waals surface area contributed by atoms with Crippen LogP contribution in [0.4, 0.5) is 5.82 Å². The van der Waals surface area contributed by atoms with Crippen LogP contribution in [-0.4, -0.2) is 29.7 Å². The van der Waals surface area contributed by atoms with E-state index in [1.54, 1.807) is 18.7 Å². The summed E-state index contributed by atoms with van der Waals surface area (Å²) >= 11 is 0. The second-order valence-electron chi connectivity index (χ2n) is 5.76. The summed E-state index contributed by atoms with van der Waals surface area (Å²) in [6.07, 6.45) is 6.09. The van der Waals surface area contributed by atoms with Gasteiger partial charge in [0.1, 0.15) is 12.1 Å². The number of aromatic nitrogens is 6. The molecular formula is C17H21N7. The van der Waals surface area contributed by atoms with Crippen molar-refractivity contribution in [3.05, 3.63) is 48.4 Å². The number of nitrogens with zero attached hydrogens (tertiary/aromatic N) is 6. The molecule has 0 aliphatic rings. The fourth-order valence-corrected chi connectivity index (χ4v) is 2.39. The first-order valence-electron chi connectivity index (χ1n) is 8.08. The largest absolute Gasteiger partial charge is 0.363 e. The van der Waals surface area contributed by atoms with Crippen molar-refractivity contribution in [1.29, 1.82) is 0 Å². The molecule has 0 aliphatic heterocycles. The smallest absolute Gasteiger partial charge is 0.161 e. The van der Waals surface area contributed by atoms with Crippen LogP contribution in [0.3, 0.4) is 0 Å². The third-order valence-electron chi connectivity index (χ3n) is 3.71. The van der Waals surface area contributed by atoms with Gasteiger partial charge in [-0.25, -0.2) is 9.97 Å². The molecule has 0 atom stereocenters. The summed E-state index contributed by atoms with van der Waals surface area (Å²) in [5.74, 6) is 2.36. The van der Waals surface area contributed by atoms with E-state index in [1.807, 2.05) is 22.8 Å². The van der Waals surface area contributed by atoms with Gasteiger partial charge in [0.25, 0.3) is 0 Å². The van der Waals surface area contributed by atoms with Crippen molar-refractivity contribution < 1.29 is 0 Å². The predicted molar refractivity (Wildman–Crippen MR) is 92.4 cm³/mol. The van der Waals surface area contributed by atoms with Crippen LogP contribution in [0.15, 0.2) is 36.9 Å². The zero-order valence-electron chi connectivity index (χ0n) is 14.1. The van der Waals surface area contributed by atoms with Crippen LogP contribution in [-0.2, 0) is 13.0 Å². The van der Waals surface area contributed by atoms with Gasteiger partial charge in [0.2, 0.25) is 0 Å². The maximum Gasteiger partial charge on any atom is 0.161 e. The van der Waals surface area contributed by atoms with E-state index in [1.165, 1.54) is 0 Å². The lowest BCUT2D eigenvalue weighted by atomic mass is 10.2. The molecule has 3 aromatic rings. The van der Waals surface area contributed by atoms with E-state index in [2.05, 4.69) is 51.2 Å². The SMILES string of the molecule is CCc1cc(NCc2nncn2C(C)C)nc(-c2ccncc2)n1.